The van der Waals surface area contributed by atoms with Gasteiger partial charge in [0, 0.05) is 33.4 Å². The van der Waals surface area contributed by atoms with Crippen molar-refractivity contribution in [3.63, 3.8) is 0 Å². The number of rotatable bonds is 12. The molecular formula is C89H57N5. The fourth-order valence-corrected chi connectivity index (χ4v) is 13.6. The average Bonchev–Trinajstić information content (AvgIpc) is 0.750. The summed E-state index contributed by atoms with van der Waals surface area (Å²) in [4.78, 5) is 26.0. The zero-order chi connectivity index (χ0) is 62.3. The molecule has 2 aromatic heterocycles. The summed E-state index contributed by atoms with van der Waals surface area (Å²) in [6, 6.07) is 123. The normalized spacial score (nSPS) is 11.4. The van der Waals surface area contributed by atoms with Crippen molar-refractivity contribution in [2.45, 2.75) is 0 Å². The standard InChI is InChI=1S/C89H57N5/c1-8-24-60(25-9-1)80-57-81(61-44-40-58(41-45-61)69-48-51-74-77(54-69)84(64-30-14-4-15-31-64)73-39-23-22-38-72(73)82(74)62-26-10-2-11-27-62)91-86(90-80)68-46-42-59(43-47-68)70-49-52-75-78(55-70)85(65-32-16-5-17-33-65)79-56-71(50-53-76(79)83(75)63-28-12-3-13-29-63)89-93-87(66-34-18-6-19-35-66)92-88(94-89)67-36-20-7-21-37-67/h1-57H. The van der Waals surface area contributed by atoms with Gasteiger partial charge in [0.05, 0.1) is 11.4 Å². The van der Waals surface area contributed by atoms with E-state index in [-0.39, 0.29) is 0 Å². The number of hydrogen-bond donors (Lipinski definition) is 0. The molecule has 2 heterocycles. The summed E-state index contributed by atoms with van der Waals surface area (Å²) >= 11 is 0. The molecule has 0 aliphatic rings. The number of fused-ring (bicyclic) bond motifs is 4. The van der Waals surface area contributed by atoms with E-state index in [4.69, 9.17) is 24.9 Å². The van der Waals surface area contributed by atoms with Crippen molar-refractivity contribution in [1.82, 2.24) is 24.9 Å². The van der Waals surface area contributed by atoms with E-state index in [0.717, 1.165) is 105 Å². The number of nitrogens with zero attached hydrogens (tertiary/aromatic N) is 5. The van der Waals surface area contributed by atoms with Crippen LogP contribution in [-0.4, -0.2) is 24.9 Å². The molecular weight excluding hydrogens is 1140 g/mol. The van der Waals surface area contributed by atoms with Crippen molar-refractivity contribution in [1.29, 1.82) is 0 Å². The molecule has 0 aliphatic carbocycles. The van der Waals surface area contributed by atoms with Gasteiger partial charge in [-0.1, -0.05) is 322 Å². The number of aromatic nitrogens is 5. The maximum Gasteiger partial charge on any atom is 0.164 e. The summed E-state index contributed by atoms with van der Waals surface area (Å²) in [5.74, 6) is 2.50. The van der Waals surface area contributed by atoms with E-state index in [1.165, 1.54) is 49.4 Å². The molecule has 17 aromatic rings. The second-order valence-corrected chi connectivity index (χ2v) is 23.8. The van der Waals surface area contributed by atoms with Crippen molar-refractivity contribution < 1.29 is 0 Å². The molecule has 17 rings (SSSR count). The first-order chi connectivity index (χ1) is 46.6. The fourth-order valence-electron chi connectivity index (χ4n) is 13.6. The average molecular weight is 1200 g/mol. The third-order valence-corrected chi connectivity index (χ3v) is 18.1. The molecule has 0 unspecified atom stereocenters. The minimum Gasteiger partial charge on any atom is -0.228 e. The SMILES string of the molecule is c1ccc(-c2cc(-c3ccc(-c4ccc5c(-c6ccccc6)c6ccccc6c(-c6ccccc6)c5c4)cc3)nc(-c3ccc(-c4ccc5c(-c6ccccc6)c6ccc(-c7nc(-c8ccccc8)nc(-c8ccccc8)n7)cc6c(-c6ccccc6)c5c4)cc3)n2)cc1. The third kappa shape index (κ3) is 10.3. The molecule has 0 bridgehead atoms. The van der Waals surface area contributed by atoms with E-state index in [1.54, 1.807) is 0 Å². The lowest BCUT2D eigenvalue weighted by atomic mass is 9.84. The molecule has 0 aliphatic heterocycles. The first-order valence-corrected chi connectivity index (χ1v) is 31.9. The van der Waals surface area contributed by atoms with Crippen LogP contribution < -0.4 is 0 Å². The molecule has 5 nitrogen and oxygen atoms in total. The zero-order valence-electron chi connectivity index (χ0n) is 51.1. The Morgan fingerprint density at radius 3 is 0.734 bits per heavy atom. The van der Waals surface area contributed by atoms with Crippen molar-refractivity contribution in [2.75, 3.05) is 0 Å². The van der Waals surface area contributed by atoms with E-state index in [2.05, 4.69) is 303 Å². The predicted octanol–water partition coefficient (Wildman–Crippen LogP) is 23.3. The molecule has 0 saturated carbocycles. The minimum atomic E-state index is 0.606. The molecule has 0 saturated heterocycles. The van der Waals surface area contributed by atoms with E-state index < -0.39 is 0 Å². The molecule has 0 radical (unpaired) electrons. The largest absolute Gasteiger partial charge is 0.228 e. The summed E-state index contributed by atoms with van der Waals surface area (Å²) in [5.41, 5.74) is 21.3. The molecule has 5 heteroatoms. The highest BCUT2D eigenvalue weighted by Crippen LogP contribution is 2.48. The summed E-state index contributed by atoms with van der Waals surface area (Å²) in [7, 11) is 0. The molecule has 15 aromatic carbocycles. The minimum absolute atomic E-state index is 0.606. The zero-order valence-corrected chi connectivity index (χ0v) is 51.1. The highest BCUT2D eigenvalue weighted by molar-refractivity contribution is 6.24. The maximum absolute atomic E-state index is 5.36. The Morgan fingerprint density at radius 1 is 0.128 bits per heavy atom. The Kier molecular flexibility index (Phi) is 14.2. The van der Waals surface area contributed by atoms with E-state index >= 15 is 0 Å². The van der Waals surface area contributed by atoms with Gasteiger partial charge in [-0.3, -0.25) is 0 Å². The van der Waals surface area contributed by atoms with Crippen LogP contribution in [0.2, 0.25) is 0 Å². The van der Waals surface area contributed by atoms with Crippen molar-refractivity contribution in [2.24, 2.45) is 0 Å². The van der Waals surface area contributed by atoms with Gasteiger partial charge in [-0.15, -0.1) is 0 Å². The van der Waals surface area contributed by atoms with E-state index in [0.29, 0.717) is 23.3 Å². The molecule has 94 heavy (non-hydrogen) atoms. The topological polar surface area (TPSA) is 64.5 Å². The molecule has 0 amide bonds. The van der Waals surface area contributed by atoms with Crippen molar-refractivity contribution in [3.05, 3.63) is 346 Å². The second kappa shape index (κ2) is 24.0. The van der Waals surface area contributed by atoms with Crippen LogP contribution in [0.1, 0.15) is 0 Å². The van der Waals surface area contributed by atoms with E-state index in [1.807, 2.05) is 42.5 Å². The second-order valence-electron chi connectivity index (χ2n) is 23.8. The Labute approximate surface area is 545 Å². The summed E-state index contributed by atoms with van der Waals surface area (Å²) in [5, 5.41) is 9.46. The van der Waals surface area contributed by atoms with Gasteiger partial charge in [-0.2, -0.15) is 0 Å². The smallest absolute Gasteiger partial charge is 0.164 e. The van der Waals surface area contributed by atoms with Crippen LogP contribution in [0, 0.1) is 0 Å². The van der Waals surface area contributed by atoms with Crippen LogP contribution >= 0.6 is 0 Å². The van der Waals surface area contributed by atoms with Crippen LogP contribution in [0.5, 0.6) is 0 Å². The van der Waals surface area contributed by atoms with Crippen LogP contribution in [0.4, 0.5) is 0 Å². The Hall–Kier alpha value is -12.6. The maximum atomic E-state index is 5.36. The summed E-state index contributed by atoms with van der Waals surface area (Å²) in [6.07, 6.45) is 0. The van der Waals surface area contributed by atoms with Crippen molar-refractivity contribution in [3.8, 4) is 135 Å². The molecule has 438 valence electrons. The lowest BCUT2D eigenvalue weighted by Gasteiger charge is -2.19. The van der Waals surface area contributed by atoms with Crippen LogP contribution in [0.15, 0.2) is 346 Å². The molecule has 0 spiro atoms. The van der Waals surface area contributed by atoms with Gasteiger partial charge in [0.1, 0.15) is 0 Å². The number of hydrogen-bond acceptors (Lipinski definition) is 5. The van der Waals surface area contributed by atoms with Gasteiger partial charge in [-0.05, 0) is 134 Å². The van der Waals surface area contributed by atoms with Gasteiger partial charge in [0.25, 0.3) is 0 Å². The Morgan fingerprint density at radius 2 is 0.351 bits per heavy atom. The molecule has 0 fully saturated rings. The first kappa shape index (κ1) is 55.5. The van der Waals surface area contributed by atoms with Gasteiger partial charge < -0.3 is 0 Å². The van der Waals surface area contributed by atoms with Crippen LogP contribution in [-0.2, 0) is 0 Å². The summed E-state index contributed by atoms with van der Waals surface area (Å²) in [6.45, 7) is 0. The fraction of sp³-hybridized carbons (Fsp3) is 0. The van der Waals surface area contributed by atoms with E-state index in [9.17, 15) is 0 Å². The van der Waals surface area contributed by atoms with Crippen LogP contribution in [0.25, 0.3) is 178 Å². The predicted molar refractivity (Wildman–Crippen MR) is 391 cm³/mol. The lowest BCUT2D eigenvalue weighted by molar-refractivity contribution is 1.07. The monoisotopic (exact) mass is 1200 g/mol. The highest BCUT2D eigenvalue weighted by atomic mass is 15.0. The van der Waals surface area contributed by atoms with Crippen LogP contribution in [0.3, 0.4) is 0 Å². The lowest BCUT2D eigenvalue weighted by Crippen LogP contribution is -2.00. The van der Waals surface area contributed by atoms with Gasteiger partial charge in [-0.25, -0.2) is 24.9 Å². The van der Waals surface area contributed by atoms with Crippen molar-refractivity contribution >= 4 is 43.1 Å². The van der Waals surface area contributed by atoms with Gasteiger partial charge >= 0.3 is 0 Å². The molecule has 0 atom stereocenters. The Balaban J connectivity index is 0.764. The third-order valence-electron chi connectivity index (χ3n) is 18.1. The molecule has 0 N–H and O–H groups in total. The quantitative estimate of drug-likeness (QED) is 0.114. The Bertz CT molecular complexity index is 5600. The summed E-state index contributed by atoms with van der Waals surface area (Å²) < 4.78 is 0. The first-order valence-electron chi connectivity index (χ1n) is 31.9. The highest BCUT2D eigenvalue weighted by Gasteiger charge is 2.22. The number of benzene rings is 15. The van der Waals surface area contributed by atoms with Gasteiger partial charge in [0.2, 0.25) is 0 Å². The van der Waals surface area contributed by atoms with Gasteiger partial charge in [0.15, 0.2) is 23.3 Å².